The SMILES string of the molecule is CCOC(=O)CC(=O)C1(F)CCOCC1. The van der Waals surface area contributed by atoms with Gasteiger partial charge in [-0.15, -0.1) is 0 Å². The smallest absolute Gasteiger partial charge is 0.313 e. The van der Waals surface area contributed by atoms with E-state index >= 15 is 0 Å². The molecule has 86 valence electrons. The average molecular weight is 218 g/mol. The van der Waals surface area contributed by atoms with Crippen LogP contribution in [-0.2, 0) is 19.1 Å². The molecule has 0 N–H and O–H groups in total. The molecular weight excluding hydrogens is 203 g/mol. The number of carbonyl (C=O) groups excluding carboxylic acids is 2. The van der Waals surface area contributed by atoms with Gasteiger partial charge in [0.1, 0.15) is 6.42 Å². The van der Waals surface area contributed by atoms with Gasteiger partial charge in [-0.05, 0) is 6.92 Å². The molecule has 0 aromatic heterocycles. The first-order chi connectivity index (χ1) is 7.08. The molecule has 0 aromatic carbocycles. The summed E-state index contributed by atoms with van der Waals surface area (Å²) < 4.78 is 23.5. The largest absolute Gasteiger partial charge is 0.466 e. The summed E-state index contributed by atoms with van der Waals surface area (Å²) in [7, 11) is 0. The van der Waals surface area contributed by atoms with Crippen LogP contribution < -0.4 is 0 Å². The van der Waals surface area contributed by atoms with E-state index in [0.29, 0.717) is 0 Å². The van der Waals surface area contributed by atoms with E-state index in [-0.39, 0.29) is 32.7 Å². The van der Waals surface area contributed by atoms with Gasteiger partial charge in [-0.1, -0.05) is 0 Å². The molecule has 1 fully saturated rings. The van der Waals surface area contributed by atoms with Gasteiger partial charge >= 0.3 is 5.97 Å². The Kier molecular flexibility index (Phi) is 4.20. The van der Waals surface area contributed by atoms with Crippen molar-refractivity contribution >= 4 is 11.8 Å². The van der Waals surface area contributed by atoms with Crippen LogP contribution >= 0.6 is 0 Å². The molecule has 1 aliphatic heterocycles. The van der Waals surface area contributed by atoms with E-state index in [1.165, 1.54) is 0 Å². The van der Waals surface area contributed by atoms with E-state index in [9.17, 15) is 14.0 Å². The maximum Gasteiger partial charge on any atom is 0.313 e. The van der Waals surface area contributed by atoms with Gasteiger partial charge in [0.25, 0.3) is 0 Å². The molecule has 0 aromatic rings. The highest BCUT2D eigenvalue weighted by Gasteiger charge is 2.40. The van der Waals surface area contributed by atoms with Gasteiger partial charge in [-0.3, -0.25) is 9.59 Å². The van der Waals surface area contributed by atoms with Crippen LogP contribution in [0.25, 0.3) is 0 Å². The predicted octanol–water partition coefficient (Wildman–Crippen LogP) is 1.03. The Morgan fingerprint density at radius 1 is 1.40 bits per heavy atom. The minimum Gasteiger partial charge on any atom is -0.466 e. The van der Waals surface area contributed by atoms with Crippen LogP contribution in [0.2, 0.25) is 0 Å². The standard InChI is InChI=1S/C10H15FO4/c1-2-15-9(13)7-8(12)10(11)3-5-14-6-4-10/h2-7H2,1H3. The van der Waals surface area contributed by atoms with Gasteiger partial charge in [0.2, 0.25) is 0 Å². The maximum atomic E-state index is 13.9. The summed E-state index contributed by atoms with van der Waals surface area (Å²) in [6.07, 6.45) is -0.416. The van der Waals surface area contributed by atoms with Crippen molar-refractivity contribution in [2.75, 3.05) is 19.8 Å². The second-order valence-corrected chi connectivity index (χ2v) is 3.48. The first-order valence-electron chi connectivity index (χ1n) is 5.04. The Bertz CT molecular complexity index is 246. The minimum atomic E-state index is -1.90. The van der Waals surface area contributed by atoms with Gasteiger partial charge in [0.05, 0.1) is 19.8 Å². The molecule has 5 heteroatoms. The third kappa shape index (κ3) is 3.27. The van der Waals surface area contributed by atoms with Crippen LogP contribution in [0.15, 0.2) is 0 Å². The molecule has 0 saturated carbocycles. The summed E-state index contributed by atoms with van der Waals surface area (Å²) in [5.74, 6) is -1.35. The van der Waals surface area contributed by atoms with Crippen molar-refractivity contribution in [1.29, 1.82) is 0 Å². The van der Waals surface area contributed by atoms with E-state index in [1.54, 1.807) is 6.92 Å². The van der Waals surface area contributed by atoms with E-state index < -0.39 is 23.8 Å². The predicted molar refractivity (Wildman–Crippen MR) is 50.1 cm³/mol. The lowest BCUT2D eigenvalue weighted by Gasteiger charge is -2.27. The number of hydrogen-bond acceptors (Lipinski definition) is 4. The molecule has 1 aliphatic rings. The Labute approximate surface area is 87.7 Å². The Morgan fingerprint density at radius 3 is 2.53 bits per heavy atom. The van der Waals surface area contributed by atoms with Gasteiger partial charge in [-0.2, -0.15) is 0 Å². The number of halogens is 1. The maximum absolute atomic E-state index is 13.9. The fourth-order valence-corrected chi connectivity index (χ4v) is 1.48. The molecule has 1 heterocycles. The zero-order valence-electron chi connectivity index (χ0n) is 8.75. The molecule has 0 amide bonds. The summed E-state index contributed by atoms with van der Waals surface area (Å²) in [4.78, 5) is 22.5. The Morgan fingerprint density at radius 2 is 2.00 bits per heavy atom. The molecule has 1 saturated heterocycles. The van der Waals surface area contributed by atoms with Gasteiger partial charge in [-0.25, -0.2) is 4.39 Å². The average Bonchev–Trinajstić information content (AvgIpc) is 2.19. The van der Waals surface area contributed by atoms with E-state index in [4.69, 9.17) is 4.74 Å². The first-order valence-corrected chi connectivity index (χ1v) is 5.04. The fraction of sp³-hybridized carbons (Fsp3) is 0.800. The van der Waals surface area contributed by atoms with Crippen molar-refractivity contribution < 1.29 is 23.5 Å². The van der Waals surface area contributed by atoms with Crippen molar-refractivity contribution in [2.45, 2.75) is 31.9 Å². The topological polar surface area (TPSA) is 52.6 Å². The Balaban J connectivity index is 2.47. The van der Waals surface area contributed by atoms with E-state index in [0.717, 1.165) is 0 Å². The van der Waals surface area contributed by atoms with Crippen LogP contribution in [0.1, 0.15) is 26.2 Å². The second-order valence-electron chi connectivity index (χ2n) is 3.48. The summed E-state index contributed by atoms with van der Waals surface area (Å²) >= 11 is 0. The zero-order chi connectivity index (χ0) is 11.3. The second kappa shape index (κ2) is 5.21. The number of ketones is 1. The normalized spacial score (nSPS) is 19.6. The number of ether oxygens (including phenoxy) is 2. The molecule has 0 bridgehead atoms. The molecule has 0 aliphatic carbocycles. The number of hydrogen-bond donors (Lipinski definition) is 0. The molecular formula is C10H15FO4. The summed E-state index contributed by atoms with van der Waals surface area (Å²) in [6, 6.07) is 0. The fourth-order valence-electron chi connectivity index (χ4n) is 1.48. The summed E-state index contributed by atoms with van der Waals surface area (Å²) in [5, 5.41) is 0. The molecule has 4 nitrogen and oxygen atoms in total. The molecule has 1 rings (SSSR count). The summed E-state index contributed by atoms with van der Waals surface area (Å²) in [5.41, 5.74) is -1.90. The monoisotopic (exact) mass is 218 g/mol. The molecule has 0 radical (unpaired) electrons. The van der Waals surface area contributed by atoms with Crippen molar-refractivity contribution in [3.8, 4) is 0 Å². The number of esters is 1. The minimum absolute atomic E-state index is 0.0330. The van der Waals surface area contributed by atoms with E-state index in [1.807, 2.05) is 0 Å². The lowest BCUT2D eigenvalue weighted by Crippen LogP contribution is -2.40. The molecule has 0 spiro atoms. The Hall–Kier alpha value is -0.970. The van der Waals surface area contributed by atoms with E-state index in [2.05, 4.69) is 4.74 Å². The lowest BCUT2D eigenvalue weighted by molar-refractivity contribution is -0.150. The summed E-state index contributed by atoms with van der Waals surface area (Å²) in [6.45, 7) is 2.30. The van der Waals surface area contributed by atoms with Crippen LogP contribution in [0.3, 0.4) is 0 Å². The third-order valence-corrected chi connectivity index (χ3v) is 2.40. The molecule has 15 heavy (non-hydrogen) atoms. The van der Waals surface area contributed by atoms with Crippen LogP contribution in [0, 0.1) is 0 Å². The van der Waals surface area contributed by atoms with Crippen molar-refractivity contribution in [3.63, 3.8) is 0 Å². The van der Waals surface area contributed by atoms with Crippen LogP contribution in [-0.4, -0.2) is 37.2 Å². The van der Waals surface area contributed by atoms with Gasteiger partial charge in [0.15, 0.2) is 11.5 Å². The number of carbonyl (C=O) groups is 2. The van der Waals surface area contributed by atoms with Crippen molar-refractivity contribution in [1.82, 2.24) is 0 Å². The number of rotatable bonds is 4. The number of alkyl halides is 1. The quantitative estimate of drug-likeness (QED) is 0.522. The molecule has 0 unspecified atom stereocenters. The third-order valence-electron chi connectivity index (χ3n) is 2.40. The van der Waals surface area contributed by atoms with Crippen molar-refractivity contribution in [2.24, 2.45) is 0 Å². The van der Waals surface area contributed by atoms with Gasteiger partial charge in [0, 0.05) is 12.8 Å². The lowest BCUT2D eigenvalue weighted by atomic mass is 9.90. The van der Waals surface area contributed by atoms with Crippen LogP contribution in [0.4, 0.5) is 4.39 Å². The molecule has 0 atom stereocenters. The number of Topliss-reactive ketones (excluding diaryl/α,β-unsaturated/α-hetero) is 1. The zero-order valence-corrected chi connectivity index (χ0v) is 8.75. The van der Waals surface area contributed by atoms with Crippen LogP contribution in [0.5, 0.6) is 0 Å². The highest BCUT2D eigenvalue weighted by atomic mass is 19.1. The van der Waals surface area contributed by atoms with Crippen molar-refractivity contribution in [3.05, 3.63) is 0 Å². The van der Waals surface area contributed by atoms with Gasteiger partial charge < -0.3 is 9.47 Å². The highest BCUT2D eigenvalue weighted by molar-refractivity contribution is 6.00. The first kappa shape index (κ1) is 12.1. The highest BCUT2D eigenvalue weighted by Crippen LogP contribution is 2.27.